The predicted molar refractivity (Wildman–Crippen MR) is 91.8 cm³/mol. The SMILES string of the molecule is CN(c1ncccn1)C1CCCN(Cc2ccccc2[N+](=O)[O-])C1. The highest BCUT2D eigenvalue weighted by molar-refractivity contribution is 5.39. The van der Waals surface area contributed by atoms with Gasteiger partial charge in [-0.2, -0.15) is 0 Å². The molecule has 1 aromatic heterocycles. The molecule has 0 bridgehead atoms. The number of anilines is 1. The molecule has 2 aromatic rings. The van der Waals surface area contributed by atoms with Crippen LogP contribution >= 0.6 is 0 Å². The monoisotopic (exact) mass is 327 g/mol. The Morgan fingerprint density at radius 3 is 2.79 bits per heavy atom. The number of benzene rings is 1. The first-order valence-electron chi connectivity index (χ1n) is 8.09. The second-order valence-electron chi connectivity index (χ2n) is 6.08. The summed E-state index contributed by atoms with van der Waals surface area (Å²) < 4.78 is 0. The van der Waals surface area contributed by atoms with Gasteiger partial charge in [-0.25, -0.2) is 9.97 Å². The van der Waals surface area contributed by atoms with Gasteiger partial charge in [0.15, 0.2) is 0 Å². The van der Waals surface area contributed by atoms with Crippen molar-refractivity contribution in [3.05, 3.63) is 58.4 Å². The molecular formula is C17H21N5O2. The number of aromatic nitrogens is 2. The summed E-state index contributed by atoms with van der Waals surface area (Å²) >= 11 is 0. The van der Waals surface area contributed by atoms with Crippen LogP contribution in [0.15, 0.2) is 42.7 Å². The smallest absolute Gasteiger partial charge is 0.273 e. The molecule has 1 unspecified atom stereocenters. The average molecular weight is 327 g/mol. The molecule has 0 amide bonds. The van der Waals surface area contributed by atoms with Crippen molar-refractivity contribution in [1.29, 1.82) is 0 Å². The highest BCUT2D eigenvalue weighted by Gasteiger charge is 2.26. The van der Waals surface area contributed by atoms with Crippen molar-refractivity contribution >= 4 is 11.6 Å². The summed E-state index contributed by atoms with van der Waals surface area (Å²) in [6.07, 6.45) is 5.62. The number of likely N-dealkylation sites (tertiary alicyclic amines) is 1. The normalized spacial score (nSPS) is 18.3. The van der Waals surface area contributed by atoms with E-state index in [1.807, 2.05) is 19.2 Å². The molecule has 2 heterocycles. The fourth-order valence-electron chi connectivity index (χ4n) is 3.19. The highest BCUT2D eigenvalue weighted by atomic mass is 16.6. The Balaban J connectivity index is 1.69. The summed E-state index contributed by atoms with van der Waals surface area (Å²) in [6, 6.07) is 9.09. The van der Waals surface area contributed by atoms with E-state index >= 15 is 0 Å². The Bertz CT molecular complexity index is 694. The van der Waals surface area contributed by atoms with Crippen molar-refractivity contribution in [3.63, 3.8) is 0 Å². The minimum Gasteiger partial charge on any atom is -0.340 e. The van der Waals surface area contributed by atoms with E-state index in [0.717, 1.165) is 37.4 Å². The van der Waals surface area contributed by atoms with Gasteiger partial charge in [-0.3, -0.25) is 15.0 Å². The molecular weight excluding hydrogens is 306 g/mol. The first-order valence-corrected chi connectivity index (χ1v) is 8.09. The second kappa shape index (κ2) is 7.35. The number of nitro groups is 1. The van der Waals surface area contributed by atoms with E-state index in [0.29, 0.717) is 12.6 Å². The van der Waals surface area contributed by atoms with E-state index in [4.69, 9.17) is 0 Å². The number of hydrogen-bond acceptors (Lipinski definition) is 6. The molecule has 1 fully saturated rings. The molecule has 0 N–H and O–H groups in total. The number of para-hydroxylation sites is 1. The number of nitro benzene ring substituents is 1. The Morgan fingerprint density at radius 1 is 1.29 bits per heavy atom. The van der Waals surface area contributed by atoms with Crippen LogP contribution in [-0.2, 0) is 6.54 Å². The van der Waals surface area contributed by atoms with Gasteiger partial charge in [-0.15, -0.1) is 0 Å². The minimum atomic E-state index is -0.305. The maximum atomic E-state index is 11.2. The molecule has 0 spiro atoms. The lowest BCUT2D eigenvalue weighted by Gasteiger charge is -2.37. The van der Waals surface area contributed by atoms with E-state index in [-0.39, 0.29) is 10.6 Å². The van der Waals surface area contributed by atoms with Crippen molar-refractivity contribution in [2.45, 2.75) is 25.4 Å². The number of rotatable bonds is 5. The Hall–Kier alpha value is -2.54. The third-order valence-corrected chi connectivity index (χ3v) is 4.48. The number of hydrogen-bond donors (Lipinski definition) is 0. The fourth-order valence-corrected chi connectivity index (χ4v) is 3.19. The van der Waals surface area contributed by atoms with E-state index in [9.17, 15) is 10.1 Å². The standard InChI is InChI=1S/C17H21N5O2/c1-20(17-18-9-5-10-19-17)15-7-4-11-21(13-15)12-14-6-2-3-8-16(14)22(23)24/h2-3,5-6,8-10,15H,4,7,11-13H2,1H3. The zero-order valence-corrected chi connectivity index (χ0v) is 13.7. The van der Waals surface area contributed by atoms with Gasteiger partial charge in [-0.1, -0.05) is 18.2 Å². The summed E-state index contributed by atoms with van der Waals surface area (Å²) in [5.41, 5.74) is 0.959. The maximum Gasteiger partial charge on any atom is 0.273 e. The third kappa shape index (κ3) is 3.68. The zero-order chi connectivity index (χ0) is 16.9. The van der Waals surface area contributed by atoms with Crippen LogP contribution in [0.3, 0.4) is 0 Å². The van der Waals surface area contributed by atoms with Gasteiger partial charge in [0.25, 0.3) is 5.69 Å². The molecule has 1 aliphatic rings. The molecule has 24 heavy (non-hydrogen) atoms. The van der Waals surface area contributed by atoms with Crippen molar-refractivity contribution in [2.75, 3.05) is 25.0 Å². The number of likely N-dealkylation sites (N-methyl/N-ethyl adjacent to an activating group) is 1. The summed E-state index contributed by atoms with van der Waals surface area (Å²) in [7, 11) is 2.01. The highest BCUT2D eigenvalue weighted by Crippen LogP contribution is 2.23. The van der Waals surface area contributed by atoms with E-state index in [1.54, 1.807) is 30.6 Å². The summed E-state index contributed by atoms with van der Waals surface area (Å²) in [5.74, 6) is 0.718. The number of nitrogens with zero attached hydrogens (tertiary/aromatic N) is 5. The first-order chi connectivity index (χ1) is 11.6. The van der Waals surface area contributed by atoms with Crippen LogP contribution in [0.2, 0.25) is 0 Å². The maximum absolute atomic E-state index is 11.2. The van der Waals surface area contributed by atoms with Crippen molar-refractivity contribution in [3.8, 4) is 0 Å². The van der Waals surface area contributed by atoms with E-state index in [1.165, 1.54) is 0 Å². The van der Waals surface area contributed by atoms with Gasteiger partial charge < -0.3 is 4.90 Å². The molecule has 1 aromatic carbocycles. The summed E-state index contributed by atoms with van der Waals surface area (Å²) in [4.78, 5) is 23.9. The molecule has 126 valence electrons. The van der Waals surface area contributed by atoms with Crippen LogP contribution < -0.4 is 4.90 Å². The molecule has 7 nitrogen and oxygen atoms in total. The quantitative estimate of drug-likeness (QED) is 0.620. The van der Waals surface area contributed by atoms with Gasteiger partial charge in [0, 0.05) is 50.2 Å². The van der Waals surface area contributed by atoms with Crippen LogP contribution in [0.5, 0.6) is 0 Å². The lowest BCUT2D eigenvalue weighted by Crippen LogP contribution is -2.46. The van der Waals surface area contributed by atoms with Gasteiger partial charge in [0.05, 0.1) is 4.92 Å². The largest absolute Gasteiger partial charge is 0.340 e. The van der Waals surface area contributed by atoms with Crippen molar-refractivity contribution in [1.82, 2.24) is 14.9 Å². The number of piperidine rings is 1. The molecule has 7 heteroatoms. The van der Waals surface area contributed by atoms with Crippen LogP contribution in [0.25, 0.3) is 0 Å². The molecule has 3 rings (SSSR count). The lowest BCUT2D eigenvalue weighted by atomic mass is 10.0. The molecule has 1 saturated heterocycles. The van der Waals surface area contributed by atoms with Crippen LogP contribution in [0.1, 0.15) is 18.4 Å². The lowest BCUT2D eigenvalue weighted by molar-refractivity contribution is -0.385. The van der Waals surface area contributed by atoms with Gasteiger partial charge in [-0.05, 0) is 25.5 Å². The van der Waals surface area contributed by atoms with Crippen molar-refractivity contribution in [2.24, 2.45) is 0 Å². The second-order valence-corrected chi connectivity index (χ2v) is 6.08. The topological polar surface area (TPSA) is 75.4 Å². The Kier molecular flexibility index (Phi) is 5.00. The molecule has 0 radical (unpaired) electrons. The molecule has 0 saturated carbocycles. The summed E-state index contributed by atoms with van der Waals surface area (Å²) in [6.45, 7) is 2.39. The molecule has 1 atom stereocenters. The van der Waals surface area contributed by atoms with Crippen LogP contribution in [0.4, 0.5) is 11.6 Å². The van der Waals surface area contributed by atoms with Crippen molar-refractivity contribution < 1.29 is 4.92 Å². The first kappa shape index (κ1) is 16.3. The Morgan fingerprint density at radius 2 is 2.04 bits per heavy atom. The molecule has 0 aliphatic carbocycles. The van der Waals surface area contributed by atoms with Gasteiger partial charge >= 0.3 is 0 Å². The van der Waals surface area contributed by atoms with Gasteiger partial charge in [0.2, 0.25) is 5.95 Å². The summed E-state index contributed by atoms with van der Waals surface area (Å²) in [5, 5.41) is 11.2. The Labute approximate surface area is 141 Å². The predicted octanol–water partition coefficient (Wildman–Crippen LogP) is 2.49. The zero-order valence-electron chi connectivity index (χ0n) is 13.7. The van der Waals surface area contributed by atoms with Crippen LogP contribution in [0, 0.1) is 10.1 Å². The van der Waals surface area contributed by atoms with E-state index < -0.39 is 0 Å². The fraction of sp³-hybridized carbons (Fsp3) is 0.412. The van der Waals surface area contributed by atoms with E-state index in [2.05, 4.69) is 19.8 Å². The minimum absolute atomic E-state index is 0.194. The molecule has 1 aliphatic heterocycles. The van der Waals surface area contributed by atoms with Gasteiger partial charge in [0.1, 0.15) is 0 Å². The third-order valence-electron chi connectivity index (χ3n) is 4.48. The average Bonchev–Trinajstić information content (AvgIpc) is 2.62. The van der Waals surface area contributed by atoms with Crippen LogP contribution in [-0.4, -0.2) is 46.0 Å².